The Morgan fingerprint density at radius 1 is 1.21 bits per heavy atom. The summed E-state index contributed by atoms with van der Waals surface area (Å²) < 4.78 is 0. The molecular formula is C19H20ClN3O4S. The molecule has 2 aromatic carbocycles. The number of halogens is 1. The van der Waals surface area contributed by atoms with Crippen molar-refractivity contribution in [3.8, 4) is 0 Å². The van der Waals surface area contributed by atoms with Gasteiger partial charge in [0.25, 0.3) is 11.6 Å². The van der Waals surface area contributed by atoms with E-state index in [2.05, 4.69) is 10.6 Å². The molecule has 0 aliphatic rings. The van der Waals surface area contributed by atoms with E-state index in [4.69, 9.17) is 11.6 Å². The van der Waals surface area contributed by atoms with Crippen LogP contribution >= 0.6 is 23.4 Å². The molecule has 0 radical (unpaired) electrons. The van der Waals surface area contributed by atoms with Crippen LogP contribution in [0, 0.1) is 10.1 Å². The van der Waals surface area contributed by atoms with Crippen molar-refractivity contribution in [1.82, 2.24) is 10.6 Å². The fraction of sp³-hybridized carbons (Fsp3) is 0.263. The Balaban J connectivity index is 2.03. The minimum Gasteiger partial charge on any atom is -0.350 e. The number of benzene rings is 2. The van der Waals surface area contributed by atoms with Crippen LogP contribution in [0.4, 0.5) is 5.69 Å². The molecule has 2 N–H and O–H groups in total. The van der Waals surface area contributed by atoms with Crippen LogP contribution in [0.1, 0.15) is 22.3 Å². The second-order valence-electron chi connectivity index (χ2n) is 5.96. The highest BCUT2D eigenvalue weighted by Crippen LogP contribution is 2.14. The zero-order chi connectivity index (χ0) is 20.5. The fourth-order valence-electron chi connectivity index (χ4n) is 2.42. The molecule has 7 nitrogen and oxygen atoms in total. The van der Waals surface area contributed by atoms with Crippen molar-refractivity contribution in [3.05, 3.63) is 74.8 Å². The number of non-ortho nitro benzene ring substituents is 1. The summed E-state index contributed by atoms with van der Waals surface area (Å²) in [5.41, 5.74) is 0.834. The van der Waals surface area contributed by atoms with Crippen molar-refractivity contribution in [2.75, 3.05) is 12.0 Å². The summed E-state index contributed by atoms with van der Waals surface area (Å²) in [7, 11) is 0. The first-order chi connectivity index (χ1) is 13.4. The number of amides is 2. The quantitative estimate of drug-likeness (QED) is 0.477. The molecule has 2 amide bonds. The summed E-state index contributed by atoms with van der Waals surface area (Å²) in [4.78, 5) is 35.4. The molecular weight excluding hydrogens is 402 g/mol. The smallest absolute Gasteiger partial charge is 0.270 e. The maximum atomic E-state index is 12.6. The van der Waals surface area contributed by atoms with Gasteiger partial charge in [-0.05, 0) is 42.2 Å². The van der Waals surface area contributed by atoms with Gasteiger partial charge in [-0.1, -0.05) is 29.8 Å². The van der Waals surface area contributed by atoms with Gasteiger partial charge in [-0.2, -0.15) is 11.8 Å². The monoisotopic (exact) mass is 421 g/mol. The molecule has 1 atom stereocenters. The minimum atomic E-state index is -0.744. The number of nitrogens with zero attached hydrogens (tertiary/aromatic N) is 1. The normalized spacial score (nSPS) is 11.5. The molecule has 2 aromatic rings. The third-order valence-electron chi connectivity index (χ3n) is 3.93. The highest BCUT2D eigenvalue weighted by Gasteiger charge is 2.22. The van der Waals surface area contributed by atoms with Crippen molar-refractivity contribution in [2.24, 2.45) is 0 Å². The summed E-state index contributed by atoms with van der Waals surface area (Å²) in [6.45, 7) is 0.304. The number of thioether (sulfide) groups is 1. The highest BCUT2D eigenvalue weighted by atomic mass is 35.5. The number of hydrogen-bond acceptors (Lipinski definition) is 5. The van der Waals surface area contributed by atoms with Crippen molar-refractivity contribution in [1.29, 1.82) is 0 Å². The van der Waals surface area contributed by atoms with E-state index in [-0.39, 0.29) is 17.2 Å². The van der Waals surface area contributed by atoms with E-state index in [1.807, 2.05) is 6.26 Å². The van der Waals surface area contributed by atoms with Gasteiger partial charge in [-0.3, -0.25) is 19.7 Å². The van der Waals surface area contributed by atoms with Crippen LogP contribution in [0.3, 0.4) is 0 Å². The lowest BCUT2D eigenvalue weighted by Gasteiger charge is -2.18. The van der Waals surface area contributed by atoms with Crippen LogP contribution < -0.4 is 10.6 Å². The zero-order valence-corrected chi connectivity index (χ0v) is 16.8. The third kappa shape index (κ3) is 6.54. The molecule has 0 bridgehead atoms. The predicted octanol–water partition coefficient (Wildman–Crippen LogP) is 3.42. The molecule has 2 rings (SSSR count). The molecule has 0 aliphatic carbocycles. The molecule has 1 unspecified atom stereocenters. The molecule has 0 spiro atoms. The second-order valence-corrected chi connectivity index (χ2v) is 7.38. The van der Waals surface area contributed by atoms with Crippen LogP contribution in [0.2, 0.25) is 5.02 Å². The largest absolute Gasteiger partial charge is 0.350 e. The topological polar surface area (TPSA) is 101 Å². The number of hydrogen-bond donors (Lipinski definition) is 2. The van der Waals surface area contributed by atoms with Crippen LogP contribution in [0.5, 0.6) is 0 Å². The van der Waals surface area contributed by atoms with Crippen LogP contribution in [-0.4, -0.2) is 34.8 Å². The summed E-state index contributed by atoms with van der Waals surface area (Å²) in [5, 5.41) is 17.0. The van der Waals surface area contributed by atoms with E-state index in [9.17, 15) is 19.7 Å². The Hall–Kier alpha value is -2.58. The molecule has 9 heteroatoms. The van der Waals surface area contributed by atoms with E-state index in [1.54, 1.807) is 36.0 Å². The van der Waals surface area contributed by atoms with E-state index in [0.717, 1.165) is 5.56 Å². The maximum Gasteiger partial charge on any atom is 0.270 e. The van der Waals surface area contributed by atoms with Crippen molar-refractivity contribution < 1.29 is 14.5 Å². The summed E-state index contributed by atoms with van der Waals surface area (Å²) in [6.07, 6.45) is 2.35. The number of nitro groups is 1. The average Bonchev–Trinajstić information content (AvgIpc) is 2.70. The van der Waals surface area contributed by atoms with Gasteiger partial charge in [0, 0.05) is 29.3 Å². The fourth-order valence-corrected chi connectivity index (χ4v) is 3.02. The first-order valence-electron chi connectivity index (χ1n) is 8.47. The predicted molar refractivity (Wildman–Crippen MR) is 111 cm³/mol. The van der Waals surface area contributed by atoms with Gasteiger partial charge >= 0.3 is 0 Å². The lowest BCUT2D eigenvalue weighted by atomic mass is 10.1. The van der Waals surface area contributed by atoms with Crippen LogP contribution in [0.15, 0.2) is 48.5 Å². The first kappa shape index (κ1) is 21.7. The molecule has 0 saturated carbocycles. The van der Waals surface area contributed by atoms with E-state index in [0.29, 0.717) is 23.7 Å². The molecule has 148 valence electrons. The Morgan fingerprint density at radius 3 is 2.57 bits per heavy atom. The standard InChI is InChI=1S/C19H20ClN3O4S/c1-28-10-9-17(19(25)21-12-13-5-7-15(20)8-6-13)22-18(24)14-3-2-4-16(11-14)23(26)27/h2-8,11,17H,9-10,12H2,1H3,(H,21,25)(H,22,24). The lowest BCUT2D eigenvalue weighted by Crippen LogP contribution is -2.46. The summed E-state index contributed by atoms with van der Waals surface area (Å²) in [6, 6.07) is 11.7. The zero-order valence-electron chi connectivity index (χ0n) is 15.2. The average molecular weight is 422 g/mol. The number of nitrogens with one attached hydrogen (secondary N) is 2. The van der Waals surface area contributed by atoms with E-state index >= 15 is 0 Å². The SMILES string of the molecule is CSCCC(NC(=O)c1cccc([N+](=O)[O-])c1)C(=O)NCc1ccc(Cl)cc1. The van der Waals surface area contributed by atoms with Gasteiger partial charge in [0.1, 0.15) is 6.04 Å². The molecule has 0 aromatic heterocycles. The van der Waals surface area contributed by atoms with Gasteiger partial charge in [0.05, 0.1) is 4.92 Å². The van der Waals surface area contributed by atoms with Gasteiger partial charge < -0.3 is 10.6 Å². The van der Waals surface area contributed by atoms with Crippen LogP contribution in [0.25, 0.3) is 0 Å². The lowest BCUT2D eigenvalue weighted by molar-refractivity contribution is -0.384. The Bertz CT molecular complexity index is 845. The van der Waals surface area contributed by atoms with Crippen molar-refractivity contribution in [2.45, 2.75) is 19.0 Å². The Morgan fingerprint density at radius 2 is 1.93 bits per heavy atom. The number of rotatable bonds is 9. The maximum absolute atomic E-state index is 12.6. The summed E-state index contributed by atoms with van der Waals surface area (Å²) in [5.74, 6) is -0.173. The number of carbonyl (C=O) groups is 2. The highest BCUT2D eigenvalue weighted by molar-refractivity contribution is 7.98. The molecule has 0 heterocycles. The number of carbonyl (C=O) groups excluding carboxylic acids is 2. The first-order valence-corrected chi connectivity index (χ1v) is 10.2. The molecule has 28 heavy (non-hydrogen) atoms. The Kier molecular flexibility index (Phi) is 8.28. The Labute approximate surface area is 172 Å². The van der Waals surface area contributed by atoms with Crippen molar-refractivity contribution in [3.63, 3.8) is 0 Å². The van der Waals surface area contributed by atoms with Crippen molar-refractivity contribution >= 4 is 40.9 Å². The minimum absolute atomic E-state index is 0.133. The molecule has 0 aliphatic heterocycles. The number of nitro benzene ring substituents is 1. The van der Waals surface area contributed by atoms with E-state index < -0.39 is 16.9 Å². The van der Waals surface area contributed by atoms with Crippen LogP contribution in [-0.2, 0) is 11.3 Å². The third-order valence-corrected chi connectivity index (χ3v) is 4.83. The van der Waals surface area contributed by atoms with E-state index in [1.165, 1.54) is 24.3 Å². The summed E-state index contributed by atoms with van der Waals surface area (Å²) >= 11 is 7.41. The second kappa shape index (κ2) is 10.7. The van der Waals surface area contributed by atoms with Gasteiger partial charge in [0.2, 0.25) is 5.91 Å². The molecule has 0 saturated heterocycles. The molecule has 0 fully saturated rings. The van der Waals surface area contributed by atoms with Gasteiger partial charge in [0.15, 0.2) is 0 Å². The van der Waals surface area contributed by atoms with Gasteiger partial charge in [-0.15, -0.1) is 0 Å². The van der Waals surface area contributed by atoms with Gasteiger partial charge in [-0.25, -0.2) is 0 Å².